The molecule has 0 atom stereocenters. The summed E-state index contributed by atoms with van der Waals surface area (Å²) in [4.78, 5) is 18.6. The van der Waals surface area contributed by atoms with Crippen molar-refractivity contribution in [1.29, 1.82) is 5.41 Å². The lowest BCUT2D eigenvalue weighted by molar-refractivity contribution is -0.486. The van der Waals surface area contributed by atoms with Crippen molar-refractivity contribution in [3.63, 3.8) is 0 Å². The van der Waals surface area contributed by atoms with E-state index in [0.29, 0.717) is 24.8 Å². The third-order valence-corrected chi connectivity index (χ3v) is 4.74. The van der Waals surface area contributed by atoms with Gasteiger partial charge in [0, 0.05) is 31.4 Å². The van der Waals surface area contributed by atoms with Crippen molar-refractivity contribution in [2.45, 2.75) is 26.3 Å². The van der Waals surface area contributed by atoms with Crippen LogP contribution >= 0.6 is 11.6 Å². The van der Waals surface area contributed by atoms with Crippen LogP contribution in [-0.4, -0.2) is 44.7 Å². The van der Waals surface area contributed by atoms with E-state index in [1.807, 2.05) is 30.3 Å². The van der Waals surface area contributed by atoms with Gasteiger partial charge < -0.3 is 4.90 Å². The first-order valence-electron chi connectivity index (χ1n) is 9.02. The van der Waals surface area contributed by atoms with E-state index < -0.39 is 5.03 Å². The molecule has 28 heavy (non-hydrogen) atoms. The van der Waals surface area contributed by atoms with Crippen LogP contribution in [0.3, 0.4) is 0 Å². The van der Waals surface area contributed by atoms with Crippen LogP contribution in [0.25, 0.3) is 0 Å². The quantitative estimate of drug-likeness (QED) is 0.263. The zero-order valence-corrected chi connectivity index (χ0v) is 16.3. The Balaban J connectivity index is 1.88. The highest BCUT2D eigenvalue weighted by molar-refractivity contribution is 6.29. The van der Waals surface area contributed by atoms with Crippen molar-refractivity contribution in [2.75, 3.05) is 13.1 Å². The number of guanidine groups is 1. The van der Waals surface area contributed by atoms with Gasteiger partial charge >= 0.3 is 0 Å². The molecule has 1 saturated heterocycles. The fourth-order valence-electron chi connectivity index (χ4n) is 3.25. The number of halogens is 1. The average Bonchev–Trinajstić information content (AvgIpc) is 3.05. The molecule has 0 radical (unpaired) electrons. The lowest BCUT2D eigenvalue weighted by atomic mass is 10.0. The number of nitrogens with zero attached hydrogens (tertiary/aromatic N) is 5. The molecule has 146 valence electrons. The minimum atomic E-state index is -0.716. The number of hydrogen-bond acceptors (Lipinski definition) is 4. The Labute approximate surface area is 168 Å². The summed E-state index contributed by atoms with van der Waals surface area (Å²) in [6.45, 7) is 3.45. The highest BCUT2D eigenvalue weighted by Gasteiger charge is 2.33. The number of nitrogens with one attached hydrogen (secondary N) is 1. The standard InChI is InChI=1S/C19H21ClN6O2/c1-2-5-15-6-3-4-7-16(15)18(21)25-11-10-24(19(25)23-26(27)28)13-14-8-9-17(20)22-12-14/h3-4,6-9,12,21H,2,5,10-11,13H2,1H3/b21-18?,23-19-. The van der Waals surface area contributed by atoms with Gasteiger partial charge in [-0.25, -0.2) is 15.1 Å². The van der Waals surface area contributed by atoms with Crippen molar-refractivity contribution in [3.8, 4) is 0 Å². The Hall–Kier alpha value is -3.00. The molecule has 1 fully saturated rings. The summed E-state index contributed by atoms with van der Waals surface area (Å²) in [5.41, 5.74) is 2.69. The second-order valence-corrected chi connectivity index (χ2v) is 6.84. The summed E-state index contributed by atoms with van der Waals surface area (Å²) < 4.78 is 0. The third-order valence-electron chi connectivity index (χ3n) is 4.51. The molecule has 1 aliphatic rings. The van der Waals surface area contributed by atoms with E-state index >= 15 is 0 Å². The van der Waals surface area contributed by atoms with E-state index in [-0.39, 0.29) is 11.8 Å². The zero-order chi connectivity index (χ0) is 20.1. The predicted octanol–water partition coefficient (Wildman–Crippen LogP) is 3.38. The lowest BCUT2D eigenvalue weighted by Gasteiger charge is -2.22. The molecule has 1 aromatic carbocycles. The van der Waals surface area contributed by atoms with Crippen LogP contribution in [0, 0.1) is 15.5 Å². The van der Waals surface area contributed by atoms with Crippen LogP contribution in [0.1, 0.15) is 30.0 Å². The van der Waals surface area contributed by atoms with Gasteiger partial charge in [-0.1, -0.05) is 55.3 Å². The zero-order valence-electron chi connectivity index (χ0n) is 15.5. The molecule has 2 aromatic rings. The first kappa shape index (κ1) is 19.8. The number of rotatable bonds is 6. The molecule has 0 unspecified atom stereocenters. The topological polar surface area (TPSA) is 98.7 Å². The van der Waals surface area contributed by atoms with E-state index in [2.05, 4.69) is 17.0 Å². The Morgan fingerprint density at radius 1 is 1.32 bits per heavy atom. The lowest BCUT2D eigenvalue weighted by Crippen LogP contribution is -2.38. The van der Waals surface area contributed by atoms with E-state index in [0.717, 1.165) is 29.5 Å². The van der Waals surface area contributed by atoms with Gasteiger partial charge in [-0.15, -0.1) is 0 Å². The van der Waals surface area contributed by atoms with Gasteiger partial charge in [-0.3, -0.25) is 10.3 Å². The Morgan fingerprint density at radius 2 is 2.11 bits per heavy atom. The molecule has 8 nitrogen and oxygen atoms in total. The smallest absolute Gasteiger partial charge is 0.280 e. The van der Waals surface area contributed by atoms with Crippen LogP contribution in [-0.2, 0) is 13.0 Å². The van der Waals surface area contributed by atoms with Crippen LogP contribution in [0.2, 0.25) is 5.15 Å². The molecule has 0 spiro atoms. The highest BCUT2D eigenvalue weighted by atomic mass is 35.5. The van der Waals surface area contributed by atoms with E-state index in [4.69, 9.17) is 17.0 Å². The van der Waals surface area contributed by atoms with Crippen molar-refractivity contribution < 1.29 is 5.03 Å². The number of nitro groups is 1. The number of hydrogen-bond donors (Lipinski definition) is 1. The van der Waals surface area contributed by atoms with E-state index in [9.17, 15) is 10.1 Å². The van der Waals surface area contributed by atoms with Crippen LogP contribution in [0.5, 0.6) is 0 Å². The minimum Gasteiger partial charge on any atom is -0.331 e. The van der Waals surface area contributed by atoms with Gasteiger partial charge in [0.05, 0.1) is 0 Å². The fraction of sp³-hybridized carbons (Fsp3) is 0.316. The Morgan fingerprint density at radius 3 is 2.79 bits per heavy atom. The number of benzene rings is 1. The molecule has 3 rings (SSSR count). The molecular formula is C19H21ClN6O2. The van der Waals surface area contributed by atoms with Crippen LogP contribution in [0.4, 0.5) is 0 Å². The molecular weight excluding hydrogens is 380 g/mol. The maximum absolute atomic E-state index is 11.1. The maximum Gasteiger partial charge on any atom is 0.280 e. The van der Waals surface area contributed by atoms with Crippen LogP contribution < -0.4 is 0 Å². The third kappa shape index (κ3) is 4.45. The van der Waals surface area contributed by atoms with Gasteiger partial charge in [-0.05, 0) is 23.6 Å². The summed E-state index contributed by atoms with van der Waals surface area (Å²) in [7, 11) is 0. The monoisotopic (exact) mass is 400 g/mol. The molecule has 0 bridgehead atoms. The summed E-state index contributed by atoms with van der Waals surface area (Å²) in [6, 6.07) is 11.2. The molecule has 1 aliphatic heterocycles. The second-order valence-electron chi connectivity index (χ2n) is 6.46. The first-order valence-corrected chi connectivity index (χ1v) is 9.40. The number of aromatic nitrogens is 1. The van der Waals surface area contributed by atoms with Crippen molar-refractivity contribution in [3.05, 3.63) is 74.6 Å². The Kier molecular flexibility index (Phi) is 6.20. The number of amidine groups is 1. The van der Waals surface area contributed by atoms with Crippen molar-refractivity contribution in [1.82, 2.24) is 14.8 Å². The van der Waals surface area contributed by atoms with E-state index in [1.54, 1.807) is 22.1 Å². The van der Waals surface area contributed by atoms with Crippen molar-refractivity contribution >= 4 is 23.4 Å². The second kappa shape index (κ2) is 8.79. The normalized spacial score (nSPS) is 15.3. The number of hydrazone groups is 1. The summed E-state index contributed by atoms with van der Waals surface area (Å²) in [6.07, 6.45) is 3.43. The SMILES string of the molecule is CCCc1ccccc1C(=N)N1CCN(Cc2ccc(Cl)nc2)/C1=N/[N+](=O)[O-]. The molecule has 9 heteroatoms. The summed E-state index contributed by atoms with van der Waals surface area (Å²) in [5.74, 6) is 0.387. The summed E-state index contributed by atoms with van der Waals surface area (Å²) in [5, 5.41) is 23.1. The van der Waals surface area contributed by atoms with Gasteiger partial charge in [-0.2, -0.15) is 0 Å². The molecule has 1 N–H and O–H groups in total. The predicted molar refractivity (Wildman–Crippen MR) is 108 cm³/mol. The van der Waals surface area contributed by atoms with Crippen LogP contribution in [0.15, 0.2) is 47.7 Å². The van der Waals surface area contributed by atoms with Gasteiger partial charge in [0.2, 0.25) is 0 Å². The number of pyridine rings is 1. The van der Waals surface area contributed by atoms with Gasteiger partial charge in [0.15, 0.2) is 5.03 Å². The van der Waals surface area contributed by atoms with Gasteiger partial charge in [0.25, 0.3) is 5.96 Å². The number of aryl methyl sites for hydroxylation is 1. The Bertz CT molecular complexity index is 900. The van der Waals surface area contributed by atoms with Gasteiger partial charge in [0.1, 0.15) is 16.1 Å². The average molecular weight is 401 g/mol. The molecule has 0 amide bonds. The molecule has 0 saturated carbocycles. The largest absolute Gasteiger partial charge is 0.331 e. The molecule has 2 heterocycles. The summed E-state index contributed by atoms with van der Waals surface area (Å²) >= 11 is 5.82. The molecule has 1 aromatic heterocycles. The first-order chi connectivity index (χ1) is 13.5. The minimum absolute atomic E-state index is 0.163. The van der Waals surface area contributed by atoms with Crippen molar-refractivity contribution in [2.24, 2.45) is 5.10 Å². The highest BCUT2D eigenvalue weighted by Crippen LogP contribution is 2.20. The maximum atomic E-state index is 11.1. The fourth-order valence-corrected chi connectivity index (χ4v) is 3.36. The van der Waals surface area contributed by atoms with E-state index in [1.165, 1.54) is 0 Å². The molecule has 0 aliphatic carbocycles.